The van der Waals surface area contributed by atoms with Crippen LogP contribution >= 0.6 is 0 Å². The van der Waals surface area contributed by atoms with Gasteiger partial charge in [-0.25, -0.2) is 5.01 Å². The smallest absolute Gasteiger partial charge is 0.262 e. The Morgan fingerprint density at radius 2 is 1.88 bits per heavy atom. The van der Waals surface area contributed by atoms with Crippen LogP contribution < -0.4 is 15.0 Å². The minimum absolute atomic E-state index is 0.0513. The SMILES string of the molecule is CNC(=O)C1CN(CC(=O)N2N=C(c3ccc(C)cc3)CC2c2ccco2)c2ccccc2O1. The first kappa shape index (κ1) is 21.8. The molecule has 3 aromatic rings. The van der Waals surface area contributed by atoms with Gasteiger partial charge in [-0.1, -0.05) is 42.0 Å². The lowest BCUT2D eigenvalue weighted by Gasteiger charge is -2.35. The summed E-state index contributed by atoms with van der Waals surface area (Å²) in [4.78, 5) is 27.8. The third kappa shape index (κ3) is 4.14. The monoisotopic (exact) mass is 458 g/mol. The second kappa shape index (κ2) is 9.05. The first-order chi connectivity index (χ1) is 16.5. The molecule has 0 aliphatic carbocycles. The Morgan fingerprint density at radius 1 is 1.09 bits per heavy atom. The van der Waals surface area contributed by atoms with Gasteiger partial charge >= 0.3 is 0 Å². The molecular formula is C26H26N4O4. The molecule has 0 fully saturated rings. The largest absolute Gasteiger partial charge is 0.477 e. The molecule has 1 aromatic heterocycles. The number of hydrogen-bond donors (Lipinski definition) is 1. The van der Waals surface area contributed by atoms with Crippen LogP contribution in [0.2, 0.25) is 0 Å². The summed E-state index contributed by atoms with van der Waals surface area (Å²) >= 11 is 0. The number of nitrogens with one attached hydrogen (secondary N) is 1. The van der Waals surface area contributed by atoms with E-state index in [1.807, 2.05) is 66.4 Å². The highest BCUT2D eigenvalue weighted by Crippen LogP contribution is 2.36. The van der Waals surface area contributed by atoms with Gasteiger partial charge in [-0.2, -0.15) is 5.10 Å². The van der Waals surface area contributed by atoms with Crippen molar-refractivity contribution in [3.8, 4) is 5.75 Å². The molecule has 2 atom stereocenters. The van der Waals surface area contributed by atoms with Crippen LogP contribution in [0.5, 0.6) is 5.75 Å². The summed E-state index contributed by atoms with van der Waals surface area (Å²) in [5.41, 5.74) is 3.75. The molecule has 0 saturated carbocycles. The lowest BCUT2D eigenvalue weighted by Crippen LogP contribution is -2.50. The average molecular weight is 459 g/mol. The first-order valence-corrected chi connectivity index (χ1v) is 11.3. The first-order valence-electron chi connectivity index (χ1n) is 11.3. The molecule has 8 nitrogen and oxygen atoms in total. The van der Waals surface area contributed by atoms with Gasteiger partial charge in [0.25, 0.3) is 11.8 Å². The third-order valence-corrected chi connectivity index (χ3v) is 6.15. The van der Waals surface area contributed by atoms with Crippen molar-refractivity contribution in [1.29, 1.82) is 0 Å². The Bertz CT molecular complexity index is 1220. The number of furan rings is 1. The molecule has 2 amide bonds. The number of nitrogens with zero attached hydrogens (tertiary/aromatic N) is 3. The average Bonchev–Trinajstić information content (AvgIpc) is 3.54. The lowest BCUT2D eigenvalue weighted by atomic mass is 10.0. The highest BCUT2D eigenvalue weighted by atomic mass is 16.5. The molecule has 8 heteroatoms. The zero-order valence-corrected chi connectivity index (χ0v) is 19.1. The normalized spacial score (nSPS) is 19.3. The summed E-state index contributed by atoms with van der Waals surface area (Å²) in [5, 5.41) is 8.86. The van der Waals surface area contributed by atoms with Gasteiger partial charge < -0.3 is 19.4 Å². The molecular weight excluding hydrogens is 432 g/mol. The summed E-state index contributed by atoms with van der Waals surface area (Å²) in [6.07, 6.45) is 1.45. The van der Waals surface area contributed by atoms with E-state index in [-0.39, 0.29) is 30.9 Å². The van der Waals surface area contributed by atoms with E-state index in [1.165, 1.54) is 5.01 Å². The van der Waals surface area contributed by atoms with E-state index in [0.29, 0.717) is 17.9 Å². The van der Waals surface area contributed by atoms with E-state index in [1.54, 1.807) is 19.4 Å². The highest BCUT2D eigenvalue weighted by molar-refractivity contribution is 6.03. The Labute approximate surface area is 197 Å². The molecule has 3 heterocycles. The van der Waals surface area contributed by atoms with Crippen LogP contribution in [-0.4, -0.2) is 48.8 Å². The van der Waals surface area contributed by atoms with E-state index in [0.717, 1.165) is 22.5 Å². The second-order valence-corrected chi connectivity index (χ2v) is 8.46. The topological polar surface area (TPSA) is 87.4 Å². The van der Waals surface area contributed by atoms with Crippen LogP contribution in [-0.2, 0) is 9.59 Å². The number of carbonyl (C=O) groups is 2. The van der Waals surface area contributed by atoms with Gasteiger partial charge in [0.2, 0.25) is 0 Å². The lowest BCUT2D eigenvalue weighted by molar-refractivity contribution is -0.132. The van der Waals surface area contributed by atoms with Gasteiger partial charge in [0.1, 0.15) is 17.6 Å². The summed E-state index contributed by atoms with van der Waals surface area (Å²) < 4.78 is 11.5. The van der Waals surface area contributed by atoms with Gasteiger partial charge in [0, 0.05) is 13.5 Å². The van der Waals surface area contributed by atoms with Crippen LogP contribution in [0.3, 0.4) is 0 Å². The van der Waals surface area contributed by atoms with E-state index in [2.05, 4.69) is 5.32 Å². The number of hydrogen-bond acceptors (Lipinski definition) is 6. The number of aryl methyl sites for hydroxylation is 1. The maximum Gasteiger partial charge on any atom is 0.262 e. The Kier molecular flexibility index (Phi) is 5.79. The van der Waals surface area contributed by atoms with Crippen molar-refractivity contribution in [2.45, 2.75) is 25.5 Å². The van der Waals surface area contributed by atoms with E-state index in [4.69, 9.17) is 14.3 Å². The van der Waals surface area contributed by atoms with Crippen molar-refractivity contribution < 1.29 is 18.7 Å². The van der Waals surface area contributed by atoms with Crippen LogP contribution in [0, 0.1) is 6.92 Å². The molecule has 174 valence electrons. The standard InChI is InChI=1S/C26H26N4O4/c1-17-9-11-18(12-10-17)19-14-21(22-8-5-13-33-22)30(28-19)25(31)16-29-15-24(26(32)27-2)34-23-7-4-3-6-20(23)29/h3-13,21,24H,14-16H2,1-2H3,(H,27,32). The molecule has 0 saturated heterocycles. The third-order valence-electron chi connectivity index (χ3n) is 6.15. The quantitative estimate of drug-likeness (QED) is 0.634. The highest BCUT2D eigenvalue weighted by Gasteiger charge is 2.37. The molecule has 0 spiro atoms. The molecule has 1 N–H and O–H groups in total. The van der Waals surface area contributed by atoms with Crippen molar-refractivity contribution in [2.75, 3.05) is 25.0 Å². The zero-order valence-electron chi connectivity index (χ0n) is 19.1. The molecule has 2 aliphatic rings. The summed E-state index contributed by atoms with van der Waals surface area (Å²) in [7, 11) is 1.57. The summed E-state index contributed by atoms with van der Waals surface area (Å²) in [5.74, 6) is 0.838. The number of hydrazone groups is 1. The Morgan fingerprint density at radius 3 is 2.62 bits per heavy atom. The van der Waals surface area contributed by atoms with Crippen molar-refractivity contribution in [2.24, 2.45) is 5.10 Å². The Balaban J connectivity index is 1.43. The van der Waals surface area contributed by atoms with Gasteiger partial charge in [-0.15, -0.1) is 0 Å². The fourth-order valence-corrected chi connectivity index (χ4v) is 4.35. The predicted molar refractivity (Wildman–Crippen MR) is 128 cm³/mol. The number of carbonyl (C=O) groups excluding carboxylic acids is 2. The maximum absolute atomic E-state index is 13.6. The summed E-state index contributed by atoms with van der Waals surface area (Å²) in [6, 6.07) is 18.9. The van der Waals surface area contributed by atoms with Crippen molar-refractivity contribution in [3.05, 3.63) is 83.8 Å². The van der Waals surface area contributed by atoms with Crippen LogP contribution in [0.15, 0.2) is 76.4 Å². The number of para-hydroxylation sites is 2. The van der Waals surface area contributed by atoms with Crippen LogP contribution in [0.4, 0.5) is 5.69 Å². The number of rotatable bonds is 5. The van der Waals surface area contributed by atoms with Gasteiger partial charge in [-0.3, -0.25) is 9.59 Å². The van der Waals surface area contributed by atoms with Gasteiger partial charge in [-0.05, 0) is 36.8 Å². The number of benzene rings is 2. The van der Waals surface area contributed by atoms with E-state index >= 15 is 0 Å². The molecule has 0 radical (unpaired) electrons. The fraction of sp³-hybridized carbons (Fsp3) is 0.269. The molecule has 2 aromatic carbocycles. The van der Waals surface area contributed by atoms with Crippen LogP contribution in [0.1, 0.15) is 29.3 Å². The number of amides is 2. The molecule has 34 heavy (non-hydrogen) atoms. The maximum atomic E-state index is 13.6. The predicted octanol–water partition coefficient (Wildman–Crippen LogP) is 3.28. The van der Waals surface area contributed by atoms with Gasteiger partial charge in [0.15, 0.2) is 6.10 Å². The van der Waals surface area contributed by atoms with E-state index in [9.17, 15) is 9.59 Å². The molecule has 2 aliphatic heterocycles. The summed E-state index contributed by atoms with van der Waals surface area (Å²) in [6.45, 7) is 2.35. The zero-order chi connectivity index (χ0) is 23.7. The molecule has 0 bridgehead atoms. The van der Waals surface area contributed by atoms with Crippen LogP contribution in [0.25, 0.3) is 0 Å². The minimum atomic E-state index is -0.709. The number of likely N-dealkylation sites (N-methyl/N-ethyl adjacent to an activating group) is 1. The van der Waals surface area contributed by atoms with Crippen molar-refractivity contribution >= 4 is 23.2 Å². The molecule has 2 unspecified atom stereocenters. The number of anilines is 1. The van der Waals surface area contributed by atoms with Gasteiger partial charge in [0.05, 0.1) is 30.8 Å². The minimum Gasteiger partial charge on any atom is -0.477 e. The van der Waals surface area contributed by atoms with E-state index < -0.39 is 6.10 Å². The number of ether oxygens (including phenoxy) is 1. The van der Waals surface area contributed by atoms with Crippen molar-refractivity contribution in [3.63, 3.8) is 0 Å². The second-order valence-electron chi connectivity index (χ2n) is 8.46. The van der Waals surface area contributed by atoms with Crippen molar-refractivity contribution in [1.82, 2.24) is 10.3 Å². The fourth-order valence-electron chi connectivity index (χ4n) is 4.35. The number of fused-ring (bicyclic) bond motifs is 1. The molecule has 5 rings (SSSR count). The Hall–Kier alpha value is -4.07.